The average molecular weight is 279 g/mol. The number of carbonyl (C=O) groups is 1. The van der Waals surface area contributed by atoms with Crippen LogP contribution in [0.1, 0.15) is 32.6 Å². The first-order valence-electron chi connectivity index (χ1n) is 6.54. The summed E-state index contributed by atoms with van der Waals surface area (Å²) in [6.07, 6.45) is 4.43. The zero-order chi connectivity index (χ0) is 14.8. The SMILES string of the molecule is CC1(C(=O)O)CCCCC1Nc1ncccc1[N+](=O)[O-]. The lowest BCUT2D eigenvalue weighted by atomic mass is 9.71. The second-order valence-electron chi connectivity index (χ2n) is 5.29. The van der Waals surface area contributed by atoms with Gasteiger partial charge in [0.2, 0.25) is 5.82 Å². The molecule has 0 saturated heterocycles. The second kappa shape index (κ2) is 5.44. The van der Waals surface area contributed by atoms with Crippen molar-refractivity contribution in [1.29, 1.82) is 0 Å². The van der Waals surface area contributed by atoms with Crippen molar-refractivity contribution in [3.8, 4) is 0 Å². The Labute approximate surface area is 116 Å². The van der Waals surface area contributed by atoms with Crippen LogP contribution in [0.25, 0.3) is 0 Å². The molecule has 108 valence electrons. The lowest BCUT2D eigenvalue weighted by Crippen LogP contribution is -2.46. The predicted octanol–water partition coefficient (Wildman–Crippen LogP) is 2.44. The Balaban J connectivity index is 2.28. The Morgan fingerprint density at radius 1 is 1.60 bits per heavy atom. The molecule has 1 aliphatic rings. The summed E-state index contributed by atoms with van der Waals surface area (Å²) in [5, 5.41) is 23.4. The van der Waals surface area contributed by atoms with Gasteiger partial charge in [-0.2, -0.15) is 0 Å². The Kier molecular flexibility index (Phi) is 3.87. The minimum atomic E-state index is -0.927. The van der Waals surface area contributed by atoms with Gasteiger partial charge in [-0.15, -0.1) is 0 Å². The van der Waals surface area contributed by atoms with Gasteiger partial charge in [0.25, 0.3) is 0 Å². The Morgan fingerprint density at radius 2 is 2.35 bits per heavy atom. The summed E-state index contributed by atoms with van der Waals surface area (Å²) in [7, 11) is 0. The molecular weight excluding hydrogens is 262 g/mol. The summed E-state index contributed by atoms with van der Waals surface area (Å²) in [6.45, 7) is 1.68. The standard InChI is InChI=1S/C13H17N3O4/c1-13(12(17)18)7-3-2-6-10(13)15-11-9(16(19)20)5-4-8-14-11/h4-5,8,10H,2-3,6-7H2,1H3,(H,14,15)(H,17,18). The summed E-state index contributed by atoms with van der Waals surface area (Å²) >= 11 is 0. The van der Waals surface area contributed by atoms with E-state index in [9.17, 15) is 20.0 Å². The maximum atomic E-state index is 11.5. The van der Waals surface area contributed by atoms with Crippen LogP contribution < -0.4 is 5.32 Å². The molecule has 0 amide bonds. The summed E-state index contributed by atoms with van der Waals surface area (Å²) in [4.78, 5) is 25.9. The van der Waals surface area contributed by atoms with Crippen molar-refractivity contribution < 1.29 is 14.8 Å². The number of anilines is 1. The molecule has 1 aliphatic carbocycles. The number of nitro groups is 1. The van der Waals surface area contributed by atoms with E-state index in [-0.39, 0.29) is 17.5 Å². The van der Waals surface area contributed by atoms with E-state index in [1.54, 1.807) is 6.92 Å². The molecule has 1 aromatic rings. The molecule has 7 heteroatoms. The number of carboxylic acid groups (broad SMARTS) is 1. The van der Waals surface area contributed by atoms with Gasteiger partial charge in [0, 0.05) is 18.3 Å². The fraction of sp³-hybridized carbons (Fsp3) is 0.538. The number of pyridine rings is 1. The van der Waals surface area contributed by atoms with Crippen molar-refractivity contribution >= 4 is 17.5 Å². The summed E-state index contributed by atoms with van der Waals surface area (Å²) in [5.41, 5.74) is -1.06. The lowest BCUT2D eigenvalue weighted by Gasteiger charge is -2.38. The molecule has 2 N–H and O–H groups in total. The topological polar surface area (TPSA) is 105 Å². The number of aliphatic carboxylic acids is 1. The van der Waals surface area contributed by atoms with Crippen molar-refractivity contribution in [2.75, 3.05) is 5.32 Å². The molecule has 0 aliphatic heterocycles. The zero-order valence-corrected chi connectivity index (χ0v) is 11.2. The molecular formula is C13H17N3O4. The first-order chi connectivity index (χ1) is 9.45. The molecule has 1 heterocycles. The Hall–Kier alpha value is -2.18. The van der Waals surface area contributed by atoms with Gasteiger partial charge >= 0.3 is 11.7 Å². The van der Waals surface area contributed by atoms with Gasteiger partial charge in [0.15, 0.2) is 0 Å². The molecule has 2 rings (SSSR count). The van der Waals surface area contributed by atoms with Gasteiger partial charge in [0.1, 0.15) is 0 Å². The molecule has 0 spiro atoms. The van der Waals surface area contributed by atoms with Crippen LogP contribution in [0.5, 0.6) is 0 Å². The summed E-state index contributed by atoms with van der Waals surface area (Å²) in [5.74, 6) is -0.745. The molecule has 7 nitrogen and oxygen atoms in total. The van der Waals surface area contributed by atoms with Crippen LogP contribution in [-0.2, 0) is 4.79 Å². The van der Waals surface area contributed by atoms with Crippen molar-refractivity contribution in [1.82, 2.24) is 4.98 Å². The molecule has 0 radical (unpaired) electrons. The first kappa shape index (κ1) is 14.2. The van der Waals surface area contributed by atoms with Gasteiger partial charge in [0.05, 0.1) is 10.3 Å². The molecule has 1 saturated carbocycles. The van der Waals surface area contributed by atoms with E-state index in [2.05, 4.69) is 10.3 Å². The van der Waals surface area contributed by atoms with Crippen LogP contribution >= 0.6 is 0 Å². The van der Waals surface area contributed by atoms with Gasteiger partial charge in [-0.1, -0.05) is 12.8 Å². The van der Waals surface area contributed by atoms with Crippen LogP contribution in [0.3, 0.4) is 0 Å². The number of hydrogen-bond acceptors (Lipinski definition) is 5. The fourth-order valence-electron chi connectivity index (χ4n) is 2.64. The van der Waals surface area contributed by atoms with Crippen LogP contribution in [0, 0.1) is 15.5 Å². The molecule has 20 heavy (non-hydrogen) atoms. The van der Waals surface area contributed by atoms with Crippen LogP contribution in [0.15, 0.2) is 18.3 Å². The highest BCUT2D eigenvalue weighted by Gasteiger charge is 2.43. The number of aromatic nitrogens is 1. The summed E-state index contributed by atoms with van der Waals surface area (Å²) in [6, 6.07) is 2.49. The third-order valence-corrected chi connectivity index (χ3v) is 3.99. The van der Waals surface area contributed by atoms with E-state index in [0.717, 1.165) is 12.8 Å². The van der Waals surface area contributed by atoms with E-state index in [4.69, 9.17) is 0 Å². The number of nitrogens with one attached hydrogen (secondary N) is 1. The van der Waals surface area contributed by atoms with Crippen molar-refractivity contribution in [2.45, 2.75) is 38.6 Å². The minimum Gasteiger partial charge on any atom is -0.481 e. The number of rotatable bonds is 4. The van der Waals surface area contributed by atoms with Gasteiger partial charge in [-0.3, -0.25) is 14.9 Å². The quantitative estimate of drug-likeness (QED) is 0.647. The maximum Gasteiger partial charge on any atom is 0.311 e. The van der Waals surface area contributed by atoms with Crippen molar-refractivity contribution in [3.63, 3.8) is 0 Å². The smallest absolute Gasteiger partial charge is 0.311 e. The molecule has 2 unspecified atom stereocenters. The third-order valence-electron chi connectivity index (χ3n) is 3.99. The van der Waals surface area contributed by atoms with Crippen LogP contribution in [0.4, 0.5) is 11.5 Å². The molecule has 0 bridgehead atoms. The highest BCUT2D eigenvalue weighted by Crippen LogP contribution is 2.38. The second-order valence-corrected chi connectivity index (χ2v) is 5.29. The minimum absolute atomic E-state index is 0.134. The zero-order valence-electron chi connectivity index (χ0n) is 11.2. The fourth-order valence-corrected chi connectivity index (χ4v) is 2.64. The number of nitrogens with zero attached hydrogens (tertiary/aromatic N) is 2. The number of carboxylic acids is 1. The van der Waals surface area contributed by atoms with E-state index in [1.165, 1.54) is 18.3 Å². The highest BCUT2D eigenvalue weighted by molar-refractivity contribution is 5.76. The lowest BCUT2D eigenvalue weighted by molar-refractivity contribution is -0.384. The van der Waals surface area contributed by atoms with E-state index in [0.29, 0.717) is 12.8 Å². The Bertz CT molecular complexity index is 534. The van der Waals surface area contributed by atoms with Gasteiger partial charge < -0.3 is 10.4 Å². The molecule has 1 aromatic heterocycles. The molecule has 0 aromatic carbocycles. The highest BCUT2D eigenvalue weighted by atomic mass is 16.6. The average Bonchev–Trinajstić information content (AvgIpc) is 2.41. The number of hydrogen-bond donors (Lipinski definition) is 2. The summed E-state index contributed by atoms with van der Waals surface area (Å²) < 4.78 is 0. The van der Waals surface area contributed by atoms with Crippen LogP contribution in [-0.4, -0.2) is 27.0 Å². The van der Waals surface area contributed by atoms with Crippen molar-refractivity contribution in [2.24, 2.45) is 5.41 Å². The van der Waals surface area contributed by atoms with Gasteiger partial charge in [-0.25, -0.2) is 4.98 Å². The maximum absolute atomic E-state index is 11.5. The van der Waals surface area contributed by atoms with E-state index < -0.39 is 16.3 Å². The Morgan fingerprint density at radius 3 is 3.00 bits per heavy atom. The monoisotopic (exact) mass is 279 g/mol. The van der Waals surface area contributed by atoms with E-state index >= 15 is 0 Å². The predicted molar refractivity (Wildman–Crippen MR) is 72.5 cm³/mol. The molecule has 2 atom stereocenters. The van der Waals surface area contributed by atoms with E-state index in [1.807, 2.05) is 0 Å². The molecule has 1 fully saturated rings. The normalized spacial score (nSPS) is 25.9. The largest absolute Gasteiger partial charge is 0.481 e. The third kappa shape index (κ3) is 2.56. The van der Waals surface area contributed by atoms with Crippen molar-refractivity contribution in [3.05, 3.63) is 28.4 Å². The van der Waals surface area contributed by atoms with Gasteiger partial charge in [-0.05, 0) is 25.8 Å². The van der Waals surface area contributed by atoms with Crippen LogP contribution in [0.2, 0.25) is 0 Å². The first-order valence-corrected chi connectivity index (χ1v) is 6.54.